The Morgan fingerprint density at radius 1 is 1.26 bits per heavy atom. The number of nitrogens with one attached hydrogen (secondary N) is 1. The van der Waals surface area contributed by atoms with E-state index in [0.29, 0.717) is 12.0 Å². The SMILES string of the molecule is CCN(CC)[C@@H]1CCN(C(=O)c2cccc(-c3c(C4CC4)n[nH]c3C)c2)C1. The molecule has 1 aliphatic heterocycles. The molecule has 0 unspecified atom stereocenters. The molecular formula is C22H30N4O. The second-order valence-electron chi connectivity index (χ2n) is 7.88. The molecule has 0 bridgehead atoms. The third-order valence-corrected chi connectivity index (χ3v) is 6.12. The lowest BCUT2D eigenvalue weighted by Gasteiger charge is -2.26. The zero-order valence-corrected chi connectivity index (χ0v) is 16.7. The predicted octanol–water partition coefficient (Wildman–Crippen LogP) is 3.82. The van der Waals surface area contributed by atoms with E-state index < -0.39 is 0 Å². The van der Waals surface area contributed by atoms with E-state index in [1.54, 1.807) is 0 Å². The molecule has 1 aliphatic carbocycles. The molecule has 5 nitrogen and oxygen atoms in total. The van der Waals surface area contributed by atoms with Gasteiger partial charge in [-0.05, 0) is 57.0 Å². The predicted molar refractivity (Wildman–Crippen MR) is 108 cm³/mol. The maximum absolute atomic E-state index is 13.1. The van der Waals surface area contributed by atoms with E-state index in [0.717, 1.165) is 49.4 Å². The van der Waals surface area contributed by atoms with Gasteiger partial charge in [-0.1, -0.05) is 26.0 Å². The number of aryl methyl sites for hydroxylation is 1. The highest BCUT2D eigenvalue weighted by atomic mass is 16.2. The number of H-pyrrole nitrogens is 1. The van der Waals surface area contributed by atoms with Gasteiger partial charge in [0.25, 0.3) is 5.91 Å². The van der Waals surface area contributed by atoms with Gasteiger partial charge >= 0.3 is 0 Å². The Morgan fingerprint density at radius 3 is 2.74 bits per heavy atom. The molecule has 2 fully saturated rings. The molecule has 5 heteroatoms. The molecule has 2 aliphatic rings. The summed E-state index contributed by atoms with van der Waals surface area (Å²) in [6, 6.07) is 8.59. The first-order chi connectivity index (χ1) is 13.1. The normalized spacial score (nSPS) is 19.9. The molecule has 1 amide bonds. The fraction of sp³-hybridized carbons (Fsp3) is 0.545. The number of carbonyl (C=O) groups excluding carboxylic acids is 1. The number of aromatic amines is 1. The van der Waals surface area contributed by atoms with E-state index in [9.17, 15) is 4.79 Å². The van der Waals surface area contributed by atoms with Crippen LogP contribution in [0, 0.1) is 6.92 Å². The molecule has 2 heterocycles. The topological polar surface area (TPSA) is 52.2 Å². The summed E-state index contributed by atoms with van der Waals surface area (Å²) in [6.45, 7) is 10.2. The summed E-state index contributed by atoms with van der Waals surface area (Å²) < 4.78 is 0. The monoisotopic (exact) mass is 366 g/mol. The van der Waals surface area contributed by atoms with Crippen molar-refractivity contribution in [3.63, 3.8) is 0 Å². The van der Waals surface area contributed by atoms with E-state index in [2.05, 4.69) is 48.0 Å². The summed E-state index contributed by atoms with van der Waals surface area (Å²) >= 11 is 0. The maximum Gasteiger partial charge on any atom is 0.253 e. The van der Waals surface area contributed by atoms with Gasteiger partial charge in [-0.3, -0.25) is 14.8 Å². The van der Waals surface area contributed by atoms with Gasteiger partial charge < -0.3 is 4.90 Å². The van der Waals surface area contributed by atoms with Gasteiger partial charge in [0.15, 0.2) is 0 Å². The smallest absolute Gasteiger partial charge is 0.253 e. The lowest BCUT2D eigenvalue weighted by Crippen LogP contribution is -2.38. The van der Waals surface area contributed by atoms with E-state index >= 15 is 0 Å². The summed E-state index contributed by atoms with van der Waals surface area (Å²) in [5, 5.41) is 7.67. The van der Waals surface area contributed by atoms with Crippen molar-refractivity contribution in [1.29, 1.82) is 0 Å². The second kappa shape index (κ2) is 7.47. The molecule has 1 aromatic carbocycles. The van der Waals surface area contributed by atoms with Gasteiger partial charge in [0.05, 0.1) is 5.69 Å². The van der Waals surface area contributed by atoms with E-state index in [4.69, 9.17) is 0 Å². The van der Waals surface area contributed by atoms with Crippen molar-refractivity contribution in [2.75, 3.05) is 26.2 Å². The van der Waals surface area contributed by atoms with Crippen molar-refractivity contribution in [1.82, 2.24) is 20.0 Å². The Morgan fingerprint density at radius 2 is 2.04 bits per heavy atom. The fourth-order valence-electron chi connectivity index (χ4n) is 4.42. The van der Waals surface area contributed by atoms with Crippen LogP contribution in [0.5, 0.6) is 0 Å². The molecule has 144 valence electrons. The zero-order chi connectivity index (χ0) is 19.0. The average molecular weight is 367 g/mol. The Kier molecular flexibility index (Phi) is 5.04. The van der Waals surface area contributed by atoms with E-state index in [1.165, 1.54) is 24.1 Å². The van der Waals surface area contributed by atoms with Crippen LogP contribution >= 0.6 is 0 Å². The zero-order valence-electron chi connectivity index (χ0n) is 16.7. The number of nitrogens with zero attached hydrogens (tertiary/aromatic N) is 3. The van der Waals surface area contributed by atoms with Crippen LogP contribution in [0.25, 0.3) is 11.1 Å². The standard InChI is InChI=1S/C22H30N4O/c1-4-25(5-2)19-11-12-26(14-19)22(27)18-8-6-7-17(13-18)20-15(3)23-24-21(20)16-9-10-16/h6-8,13,16,19H,4-5,9-12,14H2,1-3H3,(H,23,24)/t19-/m1/s1. The summed E-state index contributed by atoms with van der Waals surface area (Å²) in [6.07, 6.45) is 3.51. The Balaban J connectivity index is 1.55. The van der Waals surface area contributed by atoms with Gasteiger partial charge in [0, 0.05) is 41.9 Å². The number of aromatic nitrogens is 2. The molecule has 1 N–H and O–H groups in total. The molecular weight excluding hydrogens is 336 g/mol. The maximum atomic E-state index is 13.1. The van der Waals surface area contributed by atoms with Crippen molar-refractivity contribution in [3.8, 4) is 11.1 Å². The highest BCUT2D eigenvalue weighted by Gasteiger charge is 2.31. The molecule has 1 saturated carbocycles. The average Bonchev–Trinajstić information content (AvgIpc) is 3.29. The number of carbonyl (C=O) groups is 1. The highest BCUT2D eigenvalue weighted by Crippen LogP contribution is 2.44. The number of hydrogen-bond acceptors (Lipinski definition) is 3. The number of amides is 1. The third kappa shape index (κ3) is 3.53. The van der Waals surface area contributed by atoms with E-state index in [-0.39, 0.29) is 5.91 Å². The van der Waals surface area contributed by atoms with Crippen LogP contribution in [0.4, 0.5) is 0 Å². The van der Waals surface area contributed by atoms with Crippen LogP contribution in [-0.4, -0.2) is 58.1 Å². The first kappa shape index (κ1) is 18.2. The molecule has 27 heavy (non-hydrogen) atoms. The lowest BCUT2D eigenvalue weighted by atomic mass is 9.99. The largest absolute Gasteiger partial charge is 0.337 e. The van der Waals surface area contributed by atoms with Gasteiger partial charge in [-0.15, -0.1) is 0 Å². The Bertz CT molecular complexity index is 819. The molecule has 0 spiro atoms. The van der Waals surface area contributed by atoms with Gasteiger partial charge in [-0.25, -0.2) is 0 Å². The fourth-order valence-corrected chi connectivity index (χ4v) is 4.42. The minimum Gasteiger partial charge on any atom is -0.337 e. The van der Waals surface area contributed by atoms with Crippen LogP contribution in [0.15, 0.2) is 24.3 Å². The van der Waals surface area contributed by atoms with Crippen molar-refractivity contribution in [2.24, 2.45) is 0 Å². The number of likely N-dealkylation sites (tertiary alicyclic amines) is 1. The number of likely N-dealkylation sites (N-methyl/N-ethyl adjacent to an activating group) is 1. The van der Waals surface area contributed by atoms with Gasteiger partial charge in [0.2, 0.25) is 0 Å². The lowest BCUT2D eigenvalue weighted by molar-refractivity contribution is 0.0778. The van der Waals surface area contributed by atoms with E-state index in [1.807, 2.05) is 17.0 Å². The van der Waals surface area contributed by atoms with Crippen LogP contribution in [-0.2, 0) is 0 Å². The van der Waals surface area contributed by atoms with Crippen molar-refractivity contribution >= 4 is 5.91 Å². The van der Waals surface area contributed by atoms with Gasteiger partial charge in [-0.2, -0.15) is 5.10 Å². The molecule has 0 radical (unpaired) electrons. The third-order valence-electron chi connectivity index (χ3n) is 6.12. The van der Waals surface area contributed by atoms with Gasteiger partial charge in [0.1, 0.15) is 0 Å². The summed E-state index contributed by atoms with van der Waals surface area (Å²) in [4.78, 5) is 17.6. The van der Waals surface area contributed by atoms with Crippen LogP contribution < -0.4 is 0 Å². The first-order valence-corrected chi connectivity index (χ1v) is 10.3. The molecule has 1 aromatic heterocycles. The second-order valence-corrected chi connectivity index (χ2v) is 7.88. The quantitative estimate of drug-likeness (QED) is 0.846. The summed E-state index contributed by atoms with van der Waals surface area (Å²) in [5.41, 5.74) is 5.34. The minimum absolute atomic E-state index is 0.153. The van der Waals surface area contributed by atoms with Crippen molar-refractivity contribution in [3.05, 3.63) is 41.2 Å². The number of rotatable bonds is 6. The van der Waals surface area contributed by atoms with Crippen molar-refractivity contribution in [2.45, 2.75) is 52.0 Å². The van der Waals surface area contributed by atoms with Crippen LogP contribution in [0.3, 0.4) is 0 Å². The molecule has 1 atom stereocenters. The Labute approximate surface area is 161 Å². The summed E-state index contributed by atoms with van der Waals surface area (Å²) in [7, 11) is 0. The first-order valence-electron chi connectivity index (χ1n) is 10.3. The number of hydrogen-bond donors (Lipinski definition) is 1. The molecule has 4 rings (SSSR count). The number of benzene rings is 1. The van der Waals surface area contributed by atoms with Crippen LogP contribution in [0.2, 0.25) is 0 Å². The van der Waals surface area contributed by atoms with Crippen LogP contribution in [0.1, 0.15) is 60.8 Å². The van der Waals surface area contributed by atoms with Crippen molar-refractivity contribution < 1.29 is 4.79 Å². The highest BCUT2D eigenvalue weighted by molar-refractivity contribution is 5.96. The molecule has 1 saturated heterocycles. The Hall–Kier alpha value is -2.14. The molecule has 2 aromatic rings. The summed E-state index contributed by atoms with van der Waals surface area (Å²) in [5.74, 6) is 0.735. The minimum atomic E-state index is 0.153.